The third kappa shape index (κ3) is 3.10. The number of phenols is 1. The molecule has 0 aliphatic heterocycles. The number of hydrogen-bond donors (Lipinski definition) is 2. The van der Waals surface area contributed by atoms with E-state index in [-0.39, 0.29) is 11.7 Å². The van der Waals surface area contributed by atoms with E-state index in [0.717, 1.165) is 16.8 Å². The lowest BCUT2D eigenvalue weighted by Gasteiger charge is -2.08. The first-order valence-electron chi connectivity index (χ1n) is 6.06. The Morgan fingerprint density at radius 1 is 1.26 bits per heavy atom. The molecule has 4 heteroatoms. The minimum Gasteiger partial charge on any atom is -0.508 e. The van der Waals surface area contributed by atoms with Gasteiger partial charge in [0.25, 0.3) is 5.91 Å². The molecule has 0 spiro atoms. The number of nitrogens with zero attached hydrogens (tertiary/aromatic N) is 1. The molecule has 98 valence electrons. The van der Waals surface area contributed by atoms with E-state index in [2.05, 4.69) is 10.3 Å². The molecule has 19 heavy (non-hydrogen) atoms. The van der Waals surface area contributed by atoms with Crippen LogP contribution in [0.1, 0.15) is 27.2 Å². The number of aromatic nitrogens is 1. The maximum Gasteiger partial charge on any atom is 0.251 e. The molecule has 0 aliphatic carbocycles. The SMILES string of the molecule is Cc1ccc(C(=O)NCc2ncccc2C)cc1O. The predicted octanol–water partition coefficient (Wildman–Crippen LogP) is 2.33. The fraction of sp³-hybridized carbons (Fsp3) is 0.200. The molecule has 1 heterocycles. The smallest absolute Gasteiger partial charge is 0.251 e. The molecular formula is C15H16N2O2. The summed E-state index contributed by atoms with van der Waals surface area (Å²) in [5.74, 6) is -0.0954. The highest BCUT2D eigenvalue weighted by Gasteiger charge is 2.08. The number of aromatic hydroxyl groups is 1. The van der Waals surface area contributed by atoms with E-state index in [1.54, 1.807) is 25.3 Å². The van der Waals surface area contributed by atoms with Crippen LogP contribution in [0.3, 0.4) is 0 Å². The largest absolute Gasteiger partial charge is 0.508 e. The number of carbonyl (C=O) groups is 1. The number of amides is 1. The molecule has 2 N–H and O–H groups in total. The standard InChI is InChI=1S/C15H16N2O2/c1-10-4-3-7-16-13(10)9-17-15(19)12-6-5-11(2)14(18)8-12/h3-8,18H,9H2,1-2H3,(H,17,19). The van der Waals surface area contributed by atoms with Gasteiger partial charge >= 0.3 is 0 Å². The highest BCUT2D eigenvalue weighted by molar-refractivity contribution is 5.94. The van der Waals surface area contributed by atoms with E-state index in [1.807, 2.05) is 19.1 Å². The summed E-state index contributed by atoms with van der Waals surface area (Å²) in [6.07, 6.45) is 1.70. The van der Waals surface area contributed by atoms with Crippen LogP contribution in [-0.2, 0) is 6.54 Å². The third-order valence-corrected chi connectivity index (χ3v) is 3.01. The van der Waals surface area contributed by atoms with Crippen LogP contribution in [-0.4, -0.2) is 16.0 Å². The molecule has 1 amide bonds. The predicted molar refractivity (Wildman–Crippen MR) is 73.0 cm³/mol. The number of pyridine rings is 1. The van der Waals surface area contributed by atoms with Crippen molar-refractivity contribution in [2.75, 3.05) is 0 Å². The summed E-state index contributed by atoms with van der Waals surface area (Å²) in [6, 6.07) is 8.69. The summed E-state index contributed by atoms with van der Waals surface area (Å²) in [6.45, 7) is 4.11. The third-order valence-electron chi connectivity index (χ3n) is 3.01. The van der Waals surface area contributed by atoms with Crippen LogP contribution in [0.15, 0.2) is 36.5 Å². The Hall–Kier alpha value is -2.36. The van der Waals surface area contributed by atoms with Crippen LogP contribution >= 0.6 is 0 Å². The van der Waals surface area contributed by atoms with Gasteiger partial charge in [-0.2, -0.15) is 0 Å². The van der Waals surface area contributed by atoms with Crippen molar-refractivity contribution in [2.45, 2.75) is 20.4 Å². The number of nitrogens with one attached hydrogen (secondary N) is 1. The van der Waals surface area contributed by atoms with Gasteiger partial charge in [0.2, 0.25) is 0 Å². The van der Waals surface area contributed by atoms with Crippen molar-refractivity contribution in [1.29, 1.82) is 0 Å². The average molecular weight is 256 g/mol. The molecule has 2 rings (SSSR count). The molecule has 0 bridgehead atoms. The first kappa shape index (κ1) is 13.1. The number of carbonyl (C=O) groups excluding carboxylic acids is 1. The molecule has 0 saturated carbocycles. The molecule has 1 aromatic heterocycles. The van der Waals surface area contributed by atoms with Gasteiger partial charge in [0.1, 0.15) is 5.75 Å². The van der Waals surface area contributed by atoms with Crippen molar-refractivity contribution >= 4 is 5.91 Å². The lowest BCUT2D eigenvalue weighted by Crippen LogP contribution is -2.23. The number of hydrogen-bond acceptors (Lipinski definition) is 3. The Balaban J connectivity index is 2.05. The highest BCUT2D eigenvalue weighted by Crippen LogP contribution is 2.17. The lowest BCUT2D eigenvalue weighted by molar-refractivity contribution is 0.0950. The van der Waals surface area contributed by atoms with Gasteiger partial charge < -0.3 is 10.4 Å². The van der Waals surface area contributed by atoms with Crippen molar-refractivity contribution in [1.82, 2.24) is 10.3 Å². The Morgan fingerprint density at radius 3 is 2.74 bits per heavy atom. The maximum atomic E-state index is 11.9. The van der Waals surface area contributed by atoms with Gasteiger partial charge in [-0.05, 0) is 43.2 Å². The number of rotatable bonds is 3. The summed E-state index contributed by atoms with van der Waals surface area (Å²) in [5, 5.41) is 12.4. The molecule has 0 unspecified atom stereocenters. The molecule has 0 fully saturated rings. The topological polar surface area (TPSA) is 62.2 Å². The van der Waals surface area contributed by atoms with Crippen LogP contribution < -0.4 is 5.32 Å². The molecule has 0 aliphatic rings. The summed E-state index contributed by atoms with van der Waals surface area (Å²) in [7, 11) is 0. The fourth-order valence-corrected chi connectivity index (χ4v) is 1.72. The van der Waals surface area contributed by atoms with E-state index in [0.29, 0.717) is 12.1 Å². The monoisotopic (exact) mass is 256 g/mol. The summed E-state index contributed by atoms with van der Waals surface area (Å²) >= 11 is 0. The number of aryl methyl sites for hydroxylation is 2. The van der Waals surface area contributed by atoms with Crippen molar-refractivity contribution in [3.8, 4) is 5.75 Å². The van der Waals surface area contributed by atoms with E-state index >= 15 is 0 Å². The van der Waals surface area contributed by atoms with E-state index in [4.69, 9.17) is 0 Å². The van der Waals surface area contributed by atoms with Gasteiger partial charge in [0, 0.05) is 11.8 Å². The quantitative estimate of drug-likeness (QED) is 0.886. The zero-order valence-corrected chi connectivity index (χ0v) is 11.0. The second-order valence-corrected chi connectivity index (χ2v) is 4.45. The first-order chi connectivity index (χ1) is 9.08. The normalized spacial score (nSPS) is 10.2. The fourth-order valence-electron chi connectivity index (χ4n) is 1.72. The average Bonchev–Trinajstić information content (AvgIpc) is 2.40. The lowest BCUT2D eigenvalue weighted by atomic mass is 10.1. The van der Waals surface area contributed by atoms with Crippen LogP contribution in [0.25, 0.3) is 0 Å². The summed E-state index contributed by atoms with van der Waals surface area (Å²) < 4.78 is 0. The van der Waals surface area contributed by atoms with Crippen molar-refractivity contribution < 1.29 is 9.90 Å². The highest BCUT2D eigenvalue weighted by atomic mass is 16.3. The first-order valence-corrected chi connectivity index (χ1v) is 6.06. The Morgan fingerprint density at radius 2 is 2.05 bits per heavy atom. The minimum atomic E-state index is -0.222. The van der Waals surface area contributed by atoms with E-state index in [1.165, 1.54) is 6.07 Å². The zero-order chi connectivity index (χ0) is 13.8. The van der Waals surface area contributed by atoms with Crippen molar-refractivity contribution in [3.05, 3.63) is 58.9 Å². The molecule has 0 radical (unpaired) electrons. The summed E-state index contributed by atoms with van der Waals surface area (Å²) in [5.41, 5.74) is 3.07. The summed E-state index contributed by atoms with van der Waals surface area (Å²) in [4.78, 5) is 16.2. The zero-order valence-electron chi connectivity index (χ0n) is 11.0. The molecular weight excluding hydrogens is 240 g/mol. The number of phenolic OH excluding ortho intramolecular Hbond substituents is 1. The van der Waals surface area contributed by atoms with Gasteiger partial charge in [0.05, 0.1) is 12.2 Å². The van der Waals surface area contributed by atoms with E-state index in [9.17, 15) is 9.90 Å². The van der Waals surface area contributed by atoms with Crippen LogP contribution in [0.5, 0.6) is 5.75 Å². The molecule has 2 aromatic rings. The second-order valence-electron chi connectivity index (χ2n) is 4.45. The van der Waals surface area contributed by atoms with Gasteiger partial charge in [0.15, 0.2) is 0 Å². The van der Waals surface area contributed by atoms with Gasteiger partial charge in [-0.15, -0.1) is 0 Å². The maximum absolute atomic E-state index is 11.9. The van der Waals surface area contributed by atoms with Crippen LogP contribution in [0.2, 0.25) is 0 Å². The molecule has 0 atom stereocenters. The molecule has 1 aromatic carbocycles. The van der Waals surface area contributed by atoms with Crippen LogP contribution in [0, 0.1) is 13.8 Å². The molecule has 4 nitrogen and oxygen atoms in total. The van der Waals surface area contributed by atoms with Gasteiger partial charge in [-0.25, -0.2) is 0 Å². The van der Waals surface area contributed by atoms with Crippen LogP contribution in [0.4, 0.5) is 0 Å². The van der Waals surface area contributed by atoms with E-state index < -0.39 is 0 Å². The number of benzene rings is 1. The Labute approximate surface area is 112 Å². The Bertz CT molecular complexity index is 609. The van der Waals surface area contributed by atoms with Gasteiger partial charge in [-0.1, -0.05) is 12.1 Å². The van der Waals surface area contributed by atoms with Crippen molar-refractivity contribution in [3.63, 3.8) is 0 Å². The van der Waals surface area contributed by atoms with Crippen molar-refractivity contribution in [2.24, 2.45) is 0 Å². The minimum absolute atomic E-state index is 0.127. The van der Waals surface area contributed by atoms with Gasteiger partial charge in [-0.3, -0.25) is 9.78 Å². The molecule has 0 saturated heterocycles. The second kappa shape index (κ2) is 5.52. The Kier molecular flexibility index (Phi) is 3.80.